The van der Waals surface area contributed by atoms with E-state index in [-0.39, 0.29) is 0 Å². The minimum Gasteiger partial charge on any atom is -0.290 e. The van der Waals surface area contributed by atoms with E-state index in [4.69, 9.17) is 23.2 Å². The van der Waals surface area contributed by atoms with Gasteiger partial charge in [-0.15, -0.1) is 23.2 Å². The van der Waals surface area contributed by atoms with Crippen LogP contribution < -0.4 is 0 Å². The number of halogens is 2. The third-order valence-corrected chi connectivity index (χ3v) is 2.51. The summed E-state index contributed by atoms with van der Waals surface area (Å²) < 4.78 is 0. The van der Waals surface area contributed by atoms with E-state index in [0.29, 0.717) is 17.7 Å². The van der Waals surface area contributed by atoms with Gasteiger partial charge in [0.05, 0.1) is 6.54 Å². The van der Waals surface area contributed by atoms with Crippen molar-refractivity contribution in [1.29, 1.82) is 0 Å². The fourth-order valence-corrected chi connectivity index (χ4v) is 1.82. The largest absolute Gasteiger partial charge is 0.290 e. The van der Waals surface area contributed by atoms with Gasteiger partial charge in [0.15, 0.2) is 0 Å². The fraction of sp³-hybridized carbons (Fsp3) is 0.833. The standard InChI is InChI=1S/C12H21Cl2N/c1-3-5-12(2)6-4-9-15(10-7-13)11-8-14/h12H,3,5,7-11H2,1-2H3. The minimum absolute atomic E-state index is 0.504. The molecule has 0 aliphatic heterocycles. The predicted octanol–water partition coefficient (Wildman–Crippen LogP) is 3.21. The molecule has 0 amide bonds. The normalized spacial score (nSPS) is 12.3. The topological polar surface area (TPSA) is 3.24 Å². The van der Waals surface area contributed by atoms with Gasteiger partial charge in [-0.25, -0.2) is 0 Å². The van der Waals surface area contributed by atoms with E-state index in [9.17, 15) is 0 Å². The molecule has 0 rings (SSSR count). The lowest BCUT2D eigenvalue weighted by molar-refractivity contribution is 0.346. The van der Waals surface area contributed by atoms with E-state index in [0.717, 1.165) is 19.6 Å². The average molecular weight is 250 g/mol. The maximum absolute atomic E-state index is 5.69. The second kappa shape index (κ2) is 10.6. The first-order valence-corrected chi connectivity index (χ1v) is 6.64. The van der Waals surface area contributed by atoms with Gasteiger partial charge in [0.2, 0.25) is 0 Å². The van der Waals surface area contributed by atoms with Crippen LogP contribution in [-0.2, 0) is 0 Å². The van der Waals surface area contributed by atoms with Crippen molar-refractivity contribution < 1.29 is 0 Å². The molecule has 0 spiro atoms. The highest BCUT2D eigenvalue weighted by Crippen LogP contribution is 2.02. The molecule has 0 heterocycles. The zero-order valence-electron chi connectivity index (χ0n) is 9.73. The smallest absolute Gasteiger partial charge is 0.0602 e. The quantitative estimate of drug-likeness (QED) is 0.495. The zero-order valence-corrected chi connectivity index (χ0v) is 11.2. The summed E-state index contributed by atoms with van der Waals surface area (Å²) in [4.78, 5) is 2.19. The molecule has 1 nitrogen and oxygen atoms in total. The summed E-state index contributed by atoms with van der Waals surface area (Å²) in [6.07, 6.45) is 2.38. The third kappa shape index (κ3) is 9.05. The van der Waals surface area contributed by atoms with Crippen molar-refractivity contribution in [3.05, 3.63) is 0 Å². The SMILES string of the molecule is CCCC(C)C#CCN(CCCl)CCCl. The van der Waals surface area contributed by atoms with E-state index in [1.807, 2.05) is 0 Å². The Bertz CT molecular complexity index is 190. The second-order valence-corrected chi connectivity index (χ2v) is 4.42. The lowest BCUT2D eigenvalue weighted by atomic mass is 10.1. The summed E-state index contributed by atoms with van der Waals surface area (Å²) in [5, 5.41) is 0. The first-order chi connectivity index (χ1) is 7.24. The van der Waals surface area contributed by atoms with Crippen LogP contribution >= 0.6 is 23.2 Å². The van der Waals surface area contributed by atoms with E-state index in [1.165, 1.54) is 12.8 Å². The molecule has 88 valence electrons. The summed E-state index contributed by atoms with van der Waals surface area (Å²) in [6, 6.07) is 0. The van der Waals surface area contributed by atoms with E-state index >= 15 is 0 Å². The number of hydrogen-bond donors (Lipinski definition) is 0. The van der Waals surface area contributed by atoms with Crippen molar-refractivity contribution >= 4 is 23.2 Å². The highest BCUT2D eigenvalue weighted by atomic mass is 35.5. The van der Waals surface area contributed by atoms with Gasteiger partial charge >= 0.3 is 0 Å². The van der Waals surface area contributed by atoms with Crippen LogP contribution in [0, 0.1) is 17.8 Å². The number of rotatable bonds is 7. The molecule has 0 aliphatic carbocycles. The molecule has 1 atom stereocenters. The van der Waals surface area contributed by atoms with Crippen LogP contribution in [0.5, 0.6) is 0 Å². The molecule has 0 saturated heterocycles. The summed E-state index contributed by atoms with van der Waals surface area (Å²) in [6.45, 7) is 6.87. The summed E-state index contributed by atoms with van der Waals surface area (Å²) in [5.74, 6) is 8.24. The van der Waals surface area contributed by atoms with Crippen molar-refractivity contribution in [2.45, 2.75) is 26.7 Å². The summed E-state index contributed by atoms with van der Waals surface area (Å²) in [5.41, 5.74) is 0. The first kappa shape index (κ1) is 15.1. The van der Waals surface area contributed by atoms with Crippen LogP contribution in [0.15, 0.2) is 0 Å². The number of nitrogens with zero attached hydrogens (tertiary/aromatic N) is 1. The number of alkyl halides is 2. The number of hydrogen-bond acceptors (Lipinski definition) is 1. The molecule has 0 N–H and O–H groups in total. The molecule has 0 fully saturated rings. The highest BCUT2D eigenvalue weighted by Gasteiger charge is 2.00. The fourth-order valence-electron chi connectivity index (χ4n) is 1.35. The Kier molecular flexibility index (Phi) is 10.7. The van der Waals surface area contributed by atoms with Gasteiger partial charge in [-0.05, 0) is 6.42 Å². The Balaban J connectivity index is 3.84. The second-order valence-electron chi connectivity index (χ2n) is 3.66. The van der Waals surface area contributed by atoms with Crippen LogP contribution in [0.4, 0.5) is 0 Å². The van der Waals surface area contributed by atoms with Crippen molar-refractivity contribution in [2.24, 2.45) is 5.92 Å². The summed E-state index contributed by atoms with van der Waals surface area (Å²) >= 11 is 11.4. The van der Waals surface area contributed by atoms with E-state index in [1.54, 1.807) is 0 Å². The Hall–Kier alpha value is 0.100. The van der Waals surface area contributed by atoms with Crippen molar-refractivity contribution in [3.63, 3.8) is 0 Å². The van der Waals surface area contributed by atoms with Gasteiger partial charge in [-0.3, -0.25) is 4.90 Å². The molecule has 0 aromatic rings. The molecule has 0 aromatic carbocycles. The maximum atomic E-state index is 5.69. The van der Waals surface area contributed by atoms with Gasteiger partial charge in [-0.2, -0.15) is 0 Å². The summed E-state index contributed by atoms with van der Waals surface area (Å²) in [7, 11) is 0. The molecule has 15 heavy (non-hydrogen) atoms. The van der Waals surface area contributed by atoms with Crippen LogP contribution in [0.2, 0.25) is 0 Å². The molecule has 0 bridgehead atoms. The van der Waals surface area contributed by atoms with E-state index < -0.39 is 0 Å². The van der Waals surface area contributed by atoms with Gasteiger partial charge in [0.1, 0.15) is 0 Å². The Morgan fingerprint density at radius 1 is 1.20 bits per heavy atom. The molecule has 0 aliphatic rings. The van der Waals surface area contributed by atoms with Crippen molar-refractivity contribution in [3.8, 4) is 11.8 Å². The maximum Gasteiger partial charge on any atom is 0.0602 e. The first-order valence-electron chi connectivity index (χ1n) is 5.57. The Labute approximate surface area is 104 Å². The Morgan fingerprint density at radius 2 is 1.80 bits per heavy atom. The third-order valence-electron chi connectivity index (χ3n) is 2.17. The molecule has 1 unspecified atom stereocenters. The Morgan fingerprint density at radius 3 is 2.27 bits per heavy atom. The van der Waals surface area contributed by atoms with E-state index in [2.05, 4.69) is 30.6 Å². The molecule has 0 aromatic heterocycles. The van der Waals surface area contributed by atoms with Gasteiger partial charge in [0, 0.05) is 30.8 Å². The van der Waals surface area contributed by atoms with Crippen LogP contribution in [0.3, 0.4) is 0 Å². The predicted molar refractivity (Wildman–Crippen MR) is 69.7 cm³/mol. The molecule has 0 radical (unpaired) electrons. The lowest BCUT2D eigenvalue weighted by Crippen LogP contribution is -2.28. The lowest BCUT2D eigenvalue weighted by Gasteiger charge is -2.16. The molecule has 0 saturated carbocycles. The average Bonchev–Trinajstić information content (AvgIpc) is 2.19. The molecular formula is C12H21Cl2N. The van der Waals surface area contributed by atoms with Crippen LogP contribution in [0.1, 0.15) is 26.7 Å². The molecular weight excluding hydrogens is 229 g/mol. The van der Waals surface area contributed by atoms with Gasteiger partial charge in [-0.1, -0.05) is 32.1 Å². The van der Waals surface area contributed by atoms with Crippen molar-refractivity contribution in [2.75, 3.05) is 31.4 Å². The van der Waals surface area contributed by atoms with Gasteiger partial charge < -0.3 is 0 Å². The van der Waals surface area contributed by atoms with Crippen LogP contribution in [0.25, 0.3) is 0 Å². The monoisotopic (exact) mass is 249 g/mol. The molecule has 3 heteroatoms. The highest BCUT2D eigenvalue weighted by molar-refractivity contribution is 6.18. The van der Waals surface area contributed by atoms with Crippen molar-refractivity contribution in [1.82, 2.24) is 4.90 Å². The zero-order chi connectivity index (χ0) is 11.5. The minimum atomic E-state index is 0.504. The van der Waals surface area contributed by atoms with Gasteiger partial charge in [0.25, 0.3) is 0 Å². The van der Waals surface area contributed by atoms with Crippen LogP contribution in [-0.4, -0.2) is 36.3 Å².